The van der Waals surface area contributed by atoms with Gasteiger partial charge in [-0.05, 0) is 18.2 Å². The standard InChI is InChI=1S/C10H14N2O4S/c1-16-7-10(13)11-8-4-3-5-9(6-8)12-17(2,14)15/h3-6,12H,7H2,1-2H3,(H,11,13). The molecule has 7 heteroatoms. The zero-order chi connectivity index (χ0) is 12.9. The number of hydrogen-bond donors (Lipinski definition) is 2. The van der Waals surface area contributed by atoms with Crippen molar-refractivity contribution in [2.24, 2.45) is 0 Å². The second-order valence-electron chi connectivity index (χ2n) is 3.44. The average molecular weight is 258 g/mol. The molecule has 0 radical (unpaired) electrons. The molecule has 0 saturated carbocycles. The highest BCUT2D eigenvalue weighted by molar-refractivity contribution is 7.92. The third kappa shape index (κ3) is 5.32. The number of ether oxygens (including phenoxy) is 1. The zero-order valence-corrected chi connectivity index (χ0v) is 10.4. The van der Waals surface area contributed by atoms with E-state index < -0.39 is 10.0 Å². The Morgan fingerprint density at radius 2 is 2.00 bits per heavy atom. The third-order valence-corrected chi connectivity index (χ3v) is 2.33. The van der Waals surface area contributed by atoms with Crippen LogP contribution in [0.1, 0.15) is 0 Å². The molecule has 2 N–H and O–H groups in total. The smallest absolute Gasteiger partial charge is 0.250 e. The van der Waals surface area contributed by atoms with Crippen LogP contribution in [0, 0.1) is 0 Å². The van der Waals surface area contributed by atoms with E-state index in [0.717, 1.165) is 6.26 Å². The van der Waals surface area contributed by atoms with Gasteiger partial charge in [0.2, 0.25) is 15.9 Å². The molecule has 0 fully saturated rings. The minimum atomic E-state index is -3.32. The highest BCUT2D eigenvalue weighted by atomic mass is 32.2. The van der Waals surface area contributed by atoms with Crippen LogP contribution in [0.4, 0.5) is 11.4 Å². The first-order valence-corrected chi connectivity index (χ1v) is 6.66. The van der Waals surface area contributed by atoms with E-state index in [1.54, 1.807) is 18.2 Å². The van der Waals surface area contributed by atoms with E-state index in [1.807, 2.05) is 0 Å². The fraction of sp³-hybridized carbons (Fsp3) is 0.300. The number of rotatable bonds is 5. The normalized spacial score (nSPS) is 10.9. The summed E-state index contributed by atoms with van der Waals surface area (Å²) in [5.74, 6) is -0.302. The fourth-order valence-corrected chi connectivity index (χ4v) is 1.76. The lowest BCUT2D eigenvalue weighted by Crippen LogP contribution is -2.17. The van der Waals surface area contributed by atoms with Gasteiger partial charge in [-0.1, -0.05) is 6.07 Å². The van der Waals surface area contributed by atoms with Crippen molar-refractivity contribution in [1.82, 2.24) is 0 Å². The summed E-state index contributed by atoms with van der Waals surface area (Å²) in [5.41, 5.74) is 0.892. The van der Waals surface area contributed by atoms with Crippen LogP contribution in [0.5, 0.6) is 0 Å². The van der Waals surface area contributed by atoms with Gasteiger partial charge >= 0.3 is 0 Å². The minimum absolute atomic E-state index is 0.0519. The first-order chi connectivity index (χ1) is 7.90. The van der Waals surface area contributed by atoms with Crippen molar-refractivity contribution in [3.05, 3.63) is 24.3 Å². The summed E-state index contributed by atoms with van der Waals surface area (Å²) in [6, 6.07) is 6.40. The Labute approximate surface area is 100 Å². The van der Waals surface area contributed by atoms with Crippen LogP contribution in [0.25, 0.3) is 0 Å². The quantitative estimate of drug-likeness (QED) is 0.811. The highest BCUT2D eigenvalue weighted by Crippen LogP contribution is 2.15. The summed E-state index contributed by atoms with van der Waals surface area (Å²) in [6.07, 6.45) is 1.06. The van der Waals surface area contributed by atoms with Crippen LogP contribution in [0.15, 0.2) is 24.3 Å². The second-order valence-corrected chi connectivity index (χ2v) is 5.18. The fourth-order valence-electron chi connectivity index (χ4n) is 1.20. The Morgan fingerprint density at radius 1 is 1.35 bits per heavy atom. The molecular weight excluding hydrogens is 244 g/mol. The van der Waals surface area contributed by atoms with E-state index in [-0.39, 0.29) is 12.5 Å². The Kier molecular flexibility index (Phi) is 4.47. The lowest BCUT2D eigenvalue weighted by molar-refractivity contribution is -0.119. The number of amides is 1. The molecule has 1 aromatic rings. The summed E-state index contributed by atoms with van der Waals surface area (Å²) < 4.78 is 29.0. The van der Waals surface area contributed by atoms with Crippen LogP contribution < -0.4 is 10.0 Å². The maximum atomic E-state index is 11.2. The predicted octanol–water partition coefficient (Wildman–Crippen LogP) is 0.643. The maximum Gasteiger partial charge on any atom is 0.250 e. The predicted molar refractivity (Wildman–Crippen MR) is 65.4 cm³/mol. The molecule has 0 heterocycles. The Bertz CT molecular complexity index is 499. The van der Waals surface area contributed by atoms with Crippen molar-refractivity contribution in [3.63, 3.8) is 0 Å². The Morgan fingerprint density at radius 3 is 2.59 bits per heavy atom. The number of anilines is 2. The number of carbonyl (C=O) groups is 1. The van der Waals surface area contributed by atoms with E-state index in [2.05, 4.69) is 14.8 Å². The molecule has 94 valence electrons. The van der Waals surface area contributed by atoms with Gasteiger partial charge in [0, 0.05) is 12.8 Å². The number of carbonyl (C=O) groups excluding carboxylic acids is 1. The van der Waals surface area contributed by atoms with Gasteiger partial charge in [0.15, 0.2) is 0 Å². The molecule has 1 aromatic carbocycles. The van der Waals surface area contributed by atoms with E-state index >= 15 is 0 Å². The average Bonchev–Trinajstić information content (AvgIpc) is 2.15. The summed E-state index contributed by atoms with van der Waals surface area (Å²) in [7, 11) is -1.90. The molecule has 0 unspecified atom stereocenters. The Hall–Kier alpha value is -1.60. The molecule has 0 aliphatic carbocycles. The van der Waals surface area contributed by atoms with E-state index in [1.165, 1.54) is 13.2 Å². The van der Waals surface area contributed by atoms with Gasteiger partial charge in [0.05, 0.1) is 11.9 Å². The van der Waals surface area contributed by atoms with E-state index in [9.17, 15) is 13.2 Å². The molecule has 0 aliphatic rings. The number of hydrogen-bond acceptors (Lipinski definition) is 4. The van der Waals surface area contributed by atoms with E-state index in [4.69, 9.17) is 0 Å². The van der Waals surface area contributed by atoms with Gasteiger partial charge < -0.3 is 10.1 Å². The molecular formula is C10H14N2O4S. The van der Waals surface area contributed by atoms with Crippen molar-refractivity contribution >= 4 is 27.3 Å². The van der Waals surface area contributed by atoms with Gasteiger partial charge in [0.25, 0.3) is 0 Å². The summed E-state index contributed by atoms with van der Waals surface area (Å²) in [4.78, 5) is 11.2. The summed E-state index contributed by atoms with van der Waals surface area (Å²) in [6.45, 7) is -0.0519. The Balaban J connectivity index is 2.76. The van der Waals surface area contributed by atoms with Crippen molar-refractivity contribution in [2.45, 2.75) is 0 Å². The summed E-state index contributed by atoms with van der Waals surface area (Å²) in [5, 5.41) is 2.57. The lowest BCUT2D eigenvalue weighted by atomic mass is 10.3. The van der Waals surface area contributed by atoms with Crippen LogP contribution in [-0.4, -0.2) is 34.3 Å². The van der Waals surface area contributed by atoms with E-state index in [0.29, 0.717) is 11.4 Å². The van der Waals surface area contributed by atoms with Crippen molar-refractivity contribution in [2.75, 3.05) is 30.0 Å². The zero-order valence-electron chi connectivity index (χ0n) is 9.56. The van der Waals surface area contributed by atoms with Crippen LogP contribution in [0.2, 0.25) is 0 Å². The largest absolute Gasteiger partial charge is 0.375 e. The van der Waals surface area contributed by atoms with Gasteiger partial charge in [0.1, 0.15) is 6.61 Å². The molecule has 0 spiro atoms. The summed E-state index contributed by atoms with van der Waals surface area (Å²) >= 11 is 0. The molecule has 0 aromatic heterocycles. The maximum absolute atomic E-state index is 11.2. The second kappa shape index (κ2) is 5.65. The monoisotopic (exact) mass is 258 g/mol. The number of nitrogens with one attached hydrogen (secondary N) is 2. The van der Waals surface area contributed by atoms with Crippen LogP contribution >= 0.6 is 0 Å². The molecule has 1 amide bonds. The lowest BCUT2D eigenvalue weighted by Gasteiger charge is -2.07. The minimum Gasteiger partial charge on any atom is -0.375 e. The number of sulfonamides is 1. The molecule has 1 rings (SSSR count). The van der Waals surface area contributed by atoms with Crippen LogP contribution in [0.3, 0.4) is 0 Å². The van der Waals surface area contributed by atoms with Crippen molar-refractivity contribution in [3.8, 4) is 0 Å². The topological polar surface area (TPSA) is 84.5 Å². The van der Waals surface area contributed by atoms with Crippen molar-refractivity contribution < 1.29 is 17.9 Å². The molecule has 0 bridgehead atoms. The number of methoxy groups -OCH3 is 1. The molecule has 0 atom stereocenters. The molecule has 17 heavy (non-hydrogen) atoms. The first kappa shape index (κ1) is 13.5. The third-order valence-electron chi connectivity index (χ3n) is 1.73. The number of benzene rings is 1. The van der Waals surface area contributed by atoms with Crippen molar-refractivity contribution in [1.29, 1.82) is 0 Å². The SMILES string of the molecule is COCC(=O)Nc1cccc(NS(C)(=O)=O)c1. The van der Waals surface area contributed by atoms with Crippen LogP contribution in [-0.2, 0) is 19.6 Å². The molecule has 0 saturated heterocycles. The van der Waals surface area contributed by atoms with Gasteiger partial charge in [-0.2, -0.15) is 0 Å². The van der Waals surface area contributed by atoms with Gasteiger partial charge in [-0.3, -0.25) is 9.52 Å². The first-order valence-electron chi connectivity index (χ1n) is 4.77. The highest BCUT2D eigenvalue weighted by Gasteiger charge is 2.04. The molecule has 0 aliphatic heterocycles. The molecule has 6 nitrogen and oxygen atoms in total. The van der Waals surface area contributed by atoms with Gasteiger partial charge in [-0.25, -0.2) is 8.42 Å². The van der Waals surface area contributed by atoms with Gasteiger partial charge in [-0.15, -0.1) is 0 Å².